The van der Waals surface area contributed by atoms with Crippen molar-refractivity contribution >= 4 is 11.7 Å². The molecule has 0 aromatic carbocycles. The zero-order chi connectivity index (χ0) is 26.1. The number of carbonyl (C=O) groups excluding carboxylic acids is 1. The smallest absolute Gasteiger partial charge is 0.379 e. The number of carbonyl (C=O) groups is 1. The molecule has 1 N–H and O–H groups in total. The number of nitrogens with zero attached hydrogens (tertiary/aromatic N) is 4. The molecule has 1 aromatic rings. The highest BCUT2D eigenvalue weighted by molar-refractivity contribution is 5.84. The van der Waals surface area contributed by atoms with Crippen molar-refractivity contribution in [3.8, 4) is 0 Å². The minimum Gasteiger partial charge on any atom is -0.379 e. The van der Waals surface area contributed by atoms with E-state index in [1.165, 1.54) is 6.92 Å². The number of rotatable bonds is 6. The summed E-state index contributed by atoms with van der Waals surface area (Å²) in [5, 5.41) is 3.75. The molecule has 1 amide bonds. The first-order valence-electron chi connectivity index (χ1n) is 12.9. The summed E-state index contributed by atoms with van der Waals surface area (Å²) < 4.78 is 50.8. The molecule has 2 aliphatic heterocycles. The maximum Gasteiger partial charge on any atom is 0.433 e. The van der Waals surface area contributed by atoms with Gasteiger partial charge in [-0.15, -0.1) is 0 Å². The van der Waals surface area contributed by atoms with Crippen LogP contribution in [0.2, 0.25) is 0 Å². The molecule has 1 aromatic heterocycles. The third kappa shape index (κ3) is 5.62. The molecule has 3 aliphatic rings. The Hall–Kier alpha value is -1.98. The number of nitrogens with one attached hydrogen (secondary N) is 1. The van der Waals surface area contributed by atoms with E-state index in [1.807, 2.05) is 9.80 Å². The first-order valence-corrected chi connectivity index (χ1v) is 12.9. The Labute approximate surface area is 210 Å². The van der Waals surface area contributed by atoms with Crippen LogP contribution < -0.4 is 10.2 Å². The fourth-order valence-corrected chi connectivity index (χ4v) is 5.93. The number of amides is 1. The zero-order valence-corrected chi connectivity index (χ0v) is 21.6. The van der Waals surface area contributed by atoms with Gasteiger partial charge in [-0.25, -0.2) is 9.97 Å². The van der Waals surface area contributed by atoms with Gasteiger partial charge in [0.05, 0.1) is 18.1 Å². The number of methoxy groups -OCH3 is 1. The number of piperazine rings is 1. The molecule has 0 radical (unpaired) electrons. The minimum atomic E-state index is -4.52. The van der Waals surface area contributed by atoms with Crippen LogP contribution in [-0.4, -0.2) is 85.5 Å². The van der Waals surface area contributed by atoms with Gasteiger partial charge in [0, 0.05) is 58.0 Å². The summed E-state index contributed by atoms with van der Waals surface area (Å²) in [7, 11) is 1.71. The third-order valence-corrected chi connectivity index (χ3v) is 8.14. The second-order valence-electron chi connectivity index (χ2n) is 10.6. The molecular formula is C25H38F3N5O3. The largest absolute Gasteiger partial charge is 0.433 e. The first kappa shape index (κ1) is 27.1. The number of halogens is 3. The summed E-state index contributed by atoms with van der Waals surface area (Å²) in [5.41, 5.74) is -1.38. The van der Waals surface area contributed by atoms with Crippen LogP contribution in [0.15, 0.2) is 6.07 Å². The molecule has 2 saturated heterocycles. The van der Waals surface area contributed by atoms with Crippen molar-refractivity contribution in [3.63, 3.8) is 0 Å². The van der Waals surface area contributed by atoms with Gasteiger partial charge in [0.25, 0.3) is 0 Å². The van der Waals surface area contributed by atoms with Crippen LogP contribution in [0.25, 0.3) is 0 Å². The quantitative estimate of drug-likeness (QED) is 0.627. The monoisotopic (exact) mass is 513 g/mol. The van der Waals surface area contributed by atoms with E-state index in [1.54, 1.807) is 7.11 Å². The van der Waals surface area contributed by atoms with Crippen LogP contribution in [0.4, 0.5) is 19.0 Å². The van der Waals surface area contributed by atoms with Crippen molar-refractivity contribution in [2.75, 3.05) is 51.4 Å². The van der Waals surface area contributed by atoms with Gasteiger partial charge >= 0.3 is 6.18 Å². The fourth-order valence-electron chi connectivity index (χ4n) is 5.93. The van der Waals surface area contributed by atoms with E-state index >= 15 is 0 Å². The Bertz CT molecular complexity index is 923. The standard InChI is InChI=1S/C25H38F3N5O3/c1-16(2)24(7-5-18(14-24)31-19-6-12-36-15-20(19)35-4)23(34)33-10-8-32(9-11-33)22-13-21(25(26,27)28)29-17(3)30-22/h13,16,18-20,31H,5-12,14-15H2,1-4H3/t18-,19?,20?,24+/m1/s1. The Morgan fingerprint density at radius 3 is 2.58 bits per heavy atom. The summed E-state index contributed by atoms with van der Waals surface area (Å²) in [6.07, 6.45) is -1.10. The lowest BCUT2D eigenvalue weighted by molar-refractivity contribution is -0.145. The van der Waals surface area contributed by atoms with Crippen LogP contribution in [0.5, 0.6) is 0 Å². The molecule has 0 bridgehead atoms. The van der Waals surface area contributed by atoms with Crippen LogP contribution in [0.1, 0.15) is 51.0 Å². The van der Waals surface area contributed by atoms with Gasteiger partial charge in [-0.05, 0) is 38.5 Å². The highest BCUT2D eigenvalue weighted by Crippen LogP contribution is 2.46. The lowest BCUT2D eigenvalue weighted by atomic mass is 9.74. The highest BCUT2D eigenvalue weighted by atomic mass is 19.4. The lowest BCUT2D eigenvalue weighted by Gasteiger charge is -2.42. The molecule has 3 fully saturated rings. The van der Waals surface area contributed by atoms with E-state index in [4.69, 9.17) is 9.47 Å². The summed E-state index contributed by atoms with van der Waals surface area (Å²) in [5.74, 6) is 0.685. The molecule has 1 aliphatic carbocycles. The van der Waals surface area contributed by atoms with Gasteiger partial charge in [0.15, 0.2) is 0 Å². The van der Waals surface area contributed by atoms with Crippen molar-refractivity contribution < 1.29 is 27.4 Å². The van der Waals surface area contributed by atoms with E-state index in [9.17, 15) is 18.0 Å². The predicted octanol–water partition coefficient (Wildman–Crippen LogP) is 3.04. The second-order valence-corrected chi connectivity index (χ2v) is 10.6. The molecule has 2 unspecified atom stereocenters. The van der Waals surface area contributed by atoms with E-state index in [-0.39, 0.29) is 41.7 Å². The SMILES string of the molecule is COC1COCCC1N[C@@H]1CC[C@@](C(=O)N2CCN(c3cc(C(F)(F)F)nc(C)n3)CC2)(C(C)C)C1. The molecule has 36 heavy (non-hydrogen) atoms. The minimum absolute atomic E-state index is 0.0138. The molecule has 1 saturated carbocycles. The van der Waals surface area contributed by atoms with Gasteiger partial charge in [-0.2, -0.15) is 13.2 Å². The van der Waals surface area contributed by atoms with Gasteiger partial charge < -0.3 is 24.6 Å². The van der Waals surface area contributed by atoms with Gasteiger partial charge in [0.2, 0.25) is 5.91 Å². The maximum atomic E-state index is 13.9. The maximum absolute atomic E-state index is 13.9. The summed E-state index contributed by atoms with van der Waals surface area (Å²) in [4.78, 5) is 25.3. The van der Waals surface area contributed by atoms with Crippen molar-refractivity contribution in [3.05, 3.63) is 17.6 Å². The lowest BCUT2D eigenvalue weighted by Crippen LogP contribution is -2.55. The zero-order valence-electron chi connectivity index (χ0n) is 21.6. The molecule has 8 nitrogen and oxygen atoms in total. The second kappa shape index (κ2) is 10.8. The van der Waals surface area contributed by atoms with Gasteiger partial charge in [0.1, 0.15) is 17.3 Å². The van der Waals surface area contributed by atoms with Crippen LogP contribution in [0, 0.1) is 18.3 Å². The summed E-state index contributed by atoms with van der Waals surface area (Å²) in [6.45, 7) is 8.78. The van der Waals surface area contributed by atoms with Crippen LogP contribution >= 0.6 is 0 Å². The average Bonchev–Trinajstić information content (AvgIpc) is 3.28. The molecule has 11 heteroatoms. The normalized spacial score (nSPS) is 29.7. The van der Waals surface area contributed by atoms with E-state index in [2.05, 4.69) is 29.1 Å². The topological polar surface area (TPSA) is 79.8 Å². The van der Waals surface area contributed by atoms with Crippen molar-refractivity contribution in [1.29, 1.82) is 0 Å². The van der Waals surface area contributed by atoms with Crippen molar-refractivity contribution in [2.24, 2.45) is 11.3 Å². The van der Waals surface area contributed by atoms with Crippen molar-refractivity contribution in [2.45, 2.75) is 70.8 Å². The van der Waals surface area contributed by atoms with Crippen molar-refractivity contribution in [1.82, 2.24) is 20.2 Å². The first-order chi connectivity index (χ1) is 17.0. The van der Waals surface area contributed by atoms with Crippen LogP contribution in [-0.2, 0) is 20.4 Å². The van der Waals surface area contributed by atoms with E-state index < -0.39 is 17.3 Å². The molecule has 3 heterocycles. The average molecular weight is 514 g/mol. The highest BCUT2D eigenvalue weighted by Gasteiger charge is 2.50. The Kier molecular flexibility index (Phi) is 8.11. The number of hydrogen-bond donors (Lipinski definition) is 1. The molecule has 4 atom stereocenters. The van der Waals surface area contributed by atoms with E-state index in [0.717, 1.165) is 31.7 Å². The Morgan fingerprint density at radius 2 is 1.94 bits per heavy atom. The summed E-state index contributed by atoms with van der Waals surface area (Å²) in [6, 6.07) is 1.45. The fraction of sp³-hybridized carbons (Fsp3) is 0.800. The molecular weight excluding hydrogens is 475 g/mol. The van der Waals surface area contributed by atoms with Crippen LogP contribution in [0.3, 0.4) is 0 Å². The number of aromatic nitrogens is 2. The number of ether oxygens (including phenoxy) is 2. The third-order valence-electron chi connectivity index (χ3n) is 8.14. The van der Waals surface area contributed by atoms with Gasteiger partial charge in [-0.1, -0.05) is 13.8 Å². The number of aryl methyl sites for hydroxylation is 1. The summed E-state index contributed by atoms with van der Waals surface area (Å²) >= 11 is 0. The number of hydrogen-bond acceptors (Lipinski definition) is 7. The van der Waals surface area contributed by atoms with Gasteiger partial charge in [-0.3, -0.25) is 4.79 Å². The molecule has 4 rings (SSSR count). The number of alkyl halides is 3. The molecule has 0 spiro atoms. The Balaban J connectivity index is 1.40. The number of anilines is 1. The Morgan fingerprint density at radius 1 is 1.22 bits per heavy atom. The molecule has 202 valence electrons. The van der Waals surface area contributed by atoms with E-state index in [0.29, 0.717) is 39.4 Å². The predicted molar refractivity (Wildman–Crippen MR) is 129 cm³/mol.